The molecule has 0 bridgehead atoms. The van der Waals surface area contributed by atoms with Crippen LogP contribution in [0.25, 0.3) is 0 Å². The minimum atomic E-state index is 0. The van der Waals surface area contributed by atoms with E-state index in [4.69, 9.17) is 0 Å². The molecule has 136 valence electrons. The van der Waals surface area contributed by atoms with Gasteiger partial charge in [-0.05, 0) is 45.0 Å². The Morgan fingerprint density at radius 3 is 2.80 bits per heavy atom. The van der Waals surface area contributed by atoms with E-state index in [0.29, 0.717) is 18.2 Å². The Kier molecular flexibility index (Phi) is 5.56. The van der Waals surface area contributed by atoms with Crippen molar-refractivity contribution in [3.8, 4) is 5.75 Å². The lowest BCUT2D eigenvalue weighted by Crippen LogP contribution is -2.35. The predicted octanol–water partition coefficient (Wildman–Crippen LogP) is 1.59. The molecule has 2 aliphatic heterocycles. The van der Waals surface area contributed by atoms with Crippen molar-refractivity contribution >= 4 is 12.4 Å². The Hall–Kier alpha value is -1.70. The number of rotatable bonds is 3. The molecular formula is C17H25ClN6O. The number of pyridine rings is 1. The SMILES string of the molecule is Cc1ccc(O)c(CN2CCC(c3nnc4n3CCNC4)CC2)n1.Cl. The molecule has 0 unspecified atom stereocenters. The van der Waals surface area contributed by atoms with Crippen molar-refractivity contribution in [2.45, 2.75) is 45.3 Å². The van der Waals surface area contributed by atoms with E-state index in [0.717, 1.165) is 68.6 Å². The van der Waals surface area contributed by atoms with Gasteiger partial charge in [0.05, 0.1) is 12.2 Å². The zero-order chi connectivity index (χ0) is 16.5. The first-order valence-corrected chi connectivity index (χ1v) is 8.71. The van der Waals surface area contributed by atoms with E-state index < -0.39 is 0 Å². The molecule has 4 heterocycles. The Labute approximate surface area is 153 Å². The summed E-state index contributed by atoms with van der Waals surface area (Å²) in [4.78, 5) is 6.84. The van der Waals surface area contributed by atoms with Gasteiger partial charge in [-0.25, -0.2) is 0 Å². The van der Waals surface area contributed by atoms with E-state index in [1.165, 1.54) is 0 Å². The molecule has 0 spiro atoms. The van der Waals surface area contributed by atoms with Crippen LogP contribution in [0.2, 0.25) is 0 Å². The number of hydrogen-bond acceptors (Lipinski definition) is 6. The molecule has 8 heteroatoms. The van der Waals surface area contributed by atoms with Crippen LogP contribution >= 0.6 is 12.4 Å². The summed E-state index contributed by atoms with van der Waals surface area (Å²) in [5.74, 6) is 3.00. The van der Waals surface area contributed by atoms with Gasteiger partial charge >= 0.3 is 0 Å². The highest BCUT2D eigenvalue weighted by Gasteiger charge is 2.27. The molecule has 2 aliphatic rings. The lowest BCUT2D eigenvalue weighted by molar-refractivity contribution is 0.195. The van der Waals surface area contributed by atoms with Crippen LogP contribution in [0.5, 0.6) is 5.75 Å². The largest absolute Gasteiger partial charge is 0.506 e. The third kappa shape index (κ3) is 3.78. The summed E-state index contributed by atoms with van der Waals surface area (Å²) < 4.78 is 2.30. The van der Waals surface area contributed by atoms with E-state index in [1.807, 2.05) is 13.0 Å². The van der Waals surface area contributed by atoms with Gasteiger partial charge in [0.2, 0.25) is 0 Å². The van der Waals surface area contributed by atoms with Gasteiger partial charge in [-0.15, -0.1) is 22.6 Å². The van der Waals surface area contributed by atoms with Crippen LogP contribution in [0.1, 0.15) is 41.8 Å². The number of aromatic hydroxyl groups is 1. The maximum absolute atomic E-state index is 9.98. The highest BCUT2D eigenvalue weighted by Crippen LogP contribution is 2.29. The average molecular weight is 365 g/mol. The number of aromatic nitrogens is 4. The molecule has 7 nitrogen and oxygen atoms in total. The summed E-state index contributed by atoms with van der Waals surface area (Å²) in [5, 5.41) is 22.1. The fourth-order valence-corrected chi connectivity index (χ4v) is 3.70. The number of nitrogens with zero attached hydrogens (tertiary/aromatic N) is 5. The van der Waals surface area contributed by atoms with Crippen LogP contribution in [0.15, 0.2) is 12.1 Å². The quantitative estimate of drug-likeness (QED) is 0.861. The molecule has 25 heavy (non-hydrogen) atoms. The molecule has 2 aromatic rings. The minimum Gasteiger partial charge on any atom is -0.506 e. The summed E-state index contributed by atoms with van der Waals surface area (Å²) in [5.41, 5.74) is 1.72. The Morgan fingerprint density at radius 2 is 2.00 bits per heavy atom. The molecule has 0 aliphatic carbocycles. The van der Waals surface area contributed by atoms with Crippen molar-refractivity contribution in [3.05, 3.63) is 35.2 Å². The molecule has 0 saturated carbocycles. The smallest absolute Gasteiger partial charge is 0.147 e. The zero-order valence-corrected chi connectivity index (χ0v) is 15.3. The normalized spacial score (nSPS) is 18.6. The van der Waals surface area contributed by atoms with Crippen LogP contribution < -0.4 is 5.32 Å². The number of fused-ring (bicyclic) bond motifs is 1. The Bertz CT molecular complexity index is 726. The fourth-order valence-electron chi connectivity index (χ4n) is 3.70. The van der Waals surface area contributed by atoms with Crippen molar-refractivity contribution in [2.24, 2.45) is 0 Å². The van der Waals surface area contributed by atoms with Gasteiger partial charge in [-0.3, -0.25) is 9.88 Å². The highest BCUT2D eigenvalue weighted by molar-refractivity contribution is 5.85. The maximum Gasteiger partial charge on any atom is 0.147 e. The summed E-state index contributed by atoms with van der Waals surface area (Å²) in [6.07, 6.45) is 2.16. The second kappa shape index (κ2) is 7.68. The monoisotopic (exact) mass is 364 g/mol. The standard InChI is InChI=1S/C17H24N6O.ClH/c1-12-2-3-15(24)14(19-12)11-22-7-4-13(5-8-22)17-21-20-16-10-18-6-9-23(16)17;/h2-3,13,18,24H,4-11H2,1H3;1H. The second-order valence-corrected chi connectivity index (χ2v) is 6.77. The van der Waals surface area contributed by atoms with Gasteiger partial charge in [0.25, 0.3) is 0 Å². The average Bonchev–Trinajstić information content (AvgIpc) is 3.03. The Balaban J connectivity index is 0.00000182. The number of hydrogen-bond donors (Lipinski definition) is 2. The van der Waals surface area contributed by atoms with Crippen molar-refractivity contribution in [2.75, 3.05) is 19.6 Å². The maximum atomic E-state index is 9.98. The zero-order valence-electron chi connectivity index (χ0n) is 14.5. The lowest BCUT2D eigenvalue weighted by Gasteiger charge is -2.32. The first kappa shape index (κ1) is 18.1. The van der Waals surface area contributed by atoms with E-state index >= 15 is 0 Å². The van der Waals surface area contributed by atoms with E-state index in [-0.39, 0.29) is 12.4 Å². The minimum absolute atomic E-state index is 0. The van der Waals surface area contributed by atoms with Gasteiger partial charge in [0.1, 0.15) is 17.4 Å². The molecule has 0 atom stereocenters. The van der Waals surface area contributed by atoms with Crippen molar-refractivity contribution in [3.63, 3.8) is 0 Å². The lowest BCUT2D eigenvalue weighted by atomic mass is 9.95. The number of nitrogens with one attached hydrogen (secondary N) is 1. The molecular weight excluding hydrogens is 340 g/mol. The number of likely N-dealkylation sites (tertiary alicyclic amines) is 1. The highest BCUT2D eigenvalue weighted by atomic mass is 35.5. The third-order valence-electron chi connectivity index (χ3n) is 5.07. The molecule has 4 rings (SSSR count). The van der Waals surface area contributed by atoms with Crippen molar-refractivity contribution in [1.29, 1.82) is 0 Å². The molecule has 0 aromatic carbocycles. The topological polar surface area (TPSA) is 79.1 Å². The number of halogens is 1. The molecule has 1 fully saturated rings. The second-order valence-electron chi connectivity index (χ2n) is 6.77. The van der Waals surface area contributed by atoms with Crippen LogP contribution in [0.3, 0.4) is 0 Å². The van der Waals surface area contributed by atoms with Crippen molar-refractivity contribution < 1.29 is 5.11 Å². The van der Waals surface area contributed by atoms with Crippen molar-refractivity contribution in [1.82, 2.24) is 30.0 Å². The first-order chi connectivity index (χ1) is 11.7. The van der Waals surface area contributed by atoms with Gasteiger partial charge in [0, 0.05) is 31.2 Å². The van der Waals surface area contributed by atoms with Gasteiger partial charge in [0.15, 0.2) is 0 Å². The van der Waals surface area contributed by atoms with Gasteiger partial charge in [-0.1, -0.05) is 0 Å². The fraction of sp³-hybridized carbons (Fsp3) is 0.588. The van der Waals surface area contributed by atoms with Gasteiger partial charge < -0.3 is 15.0 Å². The molecule has 0 amide bonds. The molecule has 2 N–H and O–H groups in total. The van der Waals surface area contributed by atoms with Crippen LogP contribution in [-0.2, 0) is 19.6 Å². The number of aryl methyl sites for hydroxylation is 1. The summed E-state index contributed by atoms with van der Waals surface area (Å²) >= 11 is 0. The number of piperidine rings is 1. The van der Waals surface area contributed by atoms with Crippen LogP contribution in [0.4, 0.5) is 0 Å². The van der Waals surface area contributed by atoms with Crippen LogP contribution in [-0.4, -0.2) is 49.4 Å². The summed E-state index contributed by atoms with van der Waals surface area (Å²) in [7, 11) is 0. The third-order valence-corrected chi connectivity index (χ3v) is 5.07. The van der Waals surface area contributed by atoms with E-state index in [9.17, 15) is 5.11 Å². The van der Waals surface area contributed by atoms with Gasteiger partial charge in [-0.2, -0.15) is 0 Å². The van der Waals surface area contributed by atoms with E-state index in [1.54, 1.807) is 6.07 Å². The molecule has 0 radical (unpaired) electrons. The Morgan fingerprint density at radius 1 is 1.20 bits per heavy atom. The summed E-state index contributed by atoms with van der Waals surface area (Å²) in [6.45, 7) is 7.46. The van der Waals surface area contributed by atoms with E-state index in [2.05, 4.69) is 30.0 Å². The first-order valence-electron chi connectivity index (χ1n) is 8.71. The molecule has 2 aromatic heterocycles. The summed E-state index contributed by atoms with van der Waals surface area (Å²) in [6, 6.07) is 3.58. The molecule has 1 saturated heterocycles. The predicted molar refractivity (Wildman–Crippen MR) is 96.9 cm³/mol. The van der Waals surface area contributed by atoms with Crippen LogP contribution in [0, 0.1) is 6.92 Å².